The molecule has 2 aromatic carbocycles. The summed E-state index contributed by atoms with van der Waals surface area (Å²) in [6, 6.07) is 16.4. The Morgan fingerprint density at radius 1 is 1.04 bits per heavy atom. The van der Waals surface area contributed by atoms with E-state index in [1.165, 1.54) is 22.6 Å². The number of aryl methyl sites for hydroxylation is 1. The van der Waals surface area contributed by atoms with Gasteiger partial charge in [0.05, 0.1) is 37.6 Å². The fraction of sp³-hybridized carbons (Fsp3) is 0.350. The Labute approximate surface area is 153 Å². The lowest BCUT2D eigenvalue weighted by molar-refractivity contribution is -0.904. The zero-order valence-corrected chi connectivity index (χ0v) is 14.8. The minimum atomic E-state index is -0.453. The smallest absolute Gasteiger partial charge is 0.269 e. The van der Waals surface area contributed by atoms with Crippen LogP contribution < -0.4 is 4.90 Å². The van der Waals surface area contributed by atoms with Gasteiger partial charge in [-0.05, 0) is 24.1 Å². The van der Waals surface area contributed by atoms with Crippen LogP contribution in [0.3, 0.4) is 0 Å². The van der Waals surface area contributed by atoms with Crippen LogP contribution >= 0.6 is 0 Å². The summed E-state index contributed by atoms with van der Waals surface area (Å²) in [7, 11) is 0. The highest BCUT2D eigenvalue weighted by atomic mass is 16.6. The third-order valence-electron chi connectivity index (χ3n) is 4.92. The molecule has 6 heteroatoms. The van der Waals surface area contributed by atoms with Crippen LogP contribution in [0, 0.1) is 10.1 Å². The van der Waals surface area contributed by atoms with Crippen molar-refractivity contribution in [2.24, 2.45) is 0 Å². The number of nitrogens with one attached hydrogen (secondary N) is 1. The van der Waals surface area contributed by atoms with Gasteiger partial charge < -0.3 is 9.80 Å². The summed E-state index contributed by atoms with van der Waals surface area (Å²) in [5.41, 5.74) is 1.90. The molecule has 0 aliphatic carbocycles. The van der Waals surface area contributed by atoms with Gasteiger partial charge in [-0.3, -0.25) is 14.9 Å². The molecule has 0 atom stereocenters. The minimum absolute atomic E-state index is 0.00855. The number of amides is 1. The molecule has 1 N–H and O–H groups in total. The summed E-state index contributed by atoms with van der Waals surface area (Å²) in [6.45, 7) is 4.49. The fourth-order valence-corrected chi connectivity index (χ4v) is 3.37. The number of quaternary nitrogens is 1. The highest BCUT2D eigenvalue weighted by Gasteiger charge is 2.24. The van der Waals surface area contributed by atoms with Crippen LogP contribution in [0.4, 0.5) is 5.69 Å². The van der Waals surface area contributed by atoms with Gasteiger partial charge in [0.2, 0.25) is 0 Å². The number of benzene rings is 2. The quantitative estimate of drug-likeness (QED) is 0.632. The first-order valence-corrected chi connectivity index (χ1v) is 9.05. The molecule has 0 radical (unpaired) electrons. The number of carbonyl (C=O) groups is 1. The van der Waals surface area contributed by atoms with Crippen LogP contribution in [0.1, 0.15) is 22.3 Å². The van der Waals surface area contributed by atoms with Gasteiger partial charge in [-0.1, -0.05) is 30.3 Å². The molecule has 0 saturated carbocycles. The topological polar surface area (TPSA) is 67.9 Å². The lowest BCUT2D eigenvalue weighted by Crippen LogP contribution is -3.14. The highest BCUT2D eigenvalue weighted by molar-refractivity contribution is 5.94. The maximum Gasteiger partial charge on any atom is 0.269 e. The SMILES string of the molecule is O=C(c1ccc([N+](=O)[O-])cc1)N1CC[NH+](CCCc2ccccc2)CC1. The summed E-state index contributed by atoms with van der Waals surface area (Å²) in [6.07, 6.45) is 2.24. The Kier molecular flexibility index (Phi) is 5.96. The highest BCUT2D eigenvalue weighted by Crippen LogP contribution is 2.13. The lowest BCUT2D eigenvalue weighted by atomic mass is 10.1. The Bertz CT molecular complexity index is 739. The molecule has 0 spiro atoms. The third kappa shape index (κ3) is 4.67. The average Bonchev–Trinajstić information content (AvgIpc) is 2.69. The summed E-state index contributed by atoms with van der Waals surface area (Å²) in [5.74, 6) is -0.0387. The first-order chi connectivity index (χ1) is 12.6. The lowest BCUT2D eigenvalue weighted by Gasteiger charge is -2.32. The number of non-ortho nitro benzene ring substituents is 1. The summed E-state index contributed by atoms with van der Waals surface area (Å²) >= 11 is 0. The van der Waals surface area contributed by atoms with Crippen LogP contribution in [0.25, 0.3) is 0 Å². The third-order valence-corrected chi connectivity index (χ3v) is 4.92. The van der Waals surface area contributed by atoms with E-state index in [1.54, 1.807) is 12.1 Å². The molecule has 1 heterocycles. The van der Waals surface area contributed by atoms with E-state index in [-0.39, 0.29) is 11.6 Å². The number of hydrogen-bond acceptors (Lipinski definition) is 3. The van der Waals surface area contributed by atoms with E-state index in [0.717, 1.165) is 45.6 Å². The van der Waals surface area contributed by atoms with Gasteiger partial charge in [0.15, 0.2) is 0 Å². The molecular weight excluding hydrogens is 330 g/mol. The second-order valence-electron chi connectivity index (χ2n) is 6.69. The maximum absolute atomic E-state index is 12.5. The van der Waals surface area contributed by atoms with Crippen molar-refractivity contribution in [3.8, 4) is 0 Å². The molecule has 3 rings (SSSR count). The van der Waals surface area contributed by atoms with Crippen molar-refractivity contribution < 1.29 is 14.6 Å². The second kappa shape index (κ2) is 8.58. The van der Waals surface area contributed by atoms with E-state index in [1.807, 2.05) is 11.0 Å². The van der Waals surface area contributed by atoms with Crippen LogP contribution in [0.15, 0.2) is 54.6 Å². The molecule has 0 aromatic heterocycles. The predicted octanol–water partition coefficient (Wildman–Crippen LogP) is 1.57. The van der Waals surface area contributed by atoms with E-state index < -0.39 is 4.92 Å². The van der Waals surface area contributed by atoms with Crippen LogP contribution in [0.5, 0.6) is 0 Å². The van der Waals surface area contributed by atoms with Gasteiger partial charge in [0.25, 0.3) is 11.6 Å². The van der Waals surface area contributed by atoms with Crippen LogP contribution in [-0.2, 0) is 6.42 Å². The molecule has 1 fully saturated rings. The van der Waals surface area contributed by atoms with E-state index in [0.29, 0.717) is 5.56 Å². The standard InChI is InChI=1S/C20H23N3O3/c24-20(18-8-10-19(11-9-18)23(25)26)22-15-13-21(14-16-22)12-4-7-17-5-2-1-3-6-17/h1-3,5-6,8-11H,4,7,12-16H2/p+1. The van der Waals surface area contributed by atoms with E-state index >= 15 is 0 Å². The molecule has 6 nitrogen and oxygen atoms in total. The van der Waals surface area contributed by atoms with Crippen molar-refractivity contribution in [3.05, 3.63) is 75.8 Å². The van der Waals surface area contributed by atoms with Gasteiger partial charge in [0.1, 0.15) is 0 Å². The number of piperazine rings is 1. The first-order valence-electron chi connectivity index (χ1n) is 9.05. The Morgan fingerprint density at radius 2 is 1.69 bits per heavy atom. The number of carbonyl (C=O) groups excluding carboxylic acids is 1. The van der Waals surface area contributed by atoms with E-state index in [4.69, 9.17) is 0 Å². The molecule has 136 valence electrons. The van der Waals surface area contributed by atoms with Gasteiger partial charge in [-0.15, -0.1) is 0 Å². The molecule has 2 aromatic rings. The predicted molar refractivity (Wildman–Crippen MR) is 99.3 cm³/mol. The Balaban J connectivity index is 1.44. The molecule has 1 aliphatic heterocycles. The summed E-state index contributed by atoms with van der Waals surface area (Å²) < 4.78 is 0. The zero-order chi connectivity index (χ0) is 18.4. The minimum Gasteiger partial charge on any atom is -0.332 e. The molecule has 1 aliphatic rings. The van der Waals surface area contributed by atoms with Crippen molar-refractivity contribution >= 4 is 11.6 Å². The van der Waals surface area contributed by atoms with E-state index in [2.05, 4.69) is 24.3 Å². The van der Waals surface area contributed by atoms with Crippen LogP contribution in [-0.4, -0.2) is 48.5 Å². The number of nitro groups is 1. The molecule has 26 heavy (non-hydrogen) atoms. The van der Waals surface area contributed by atoms with Gasteiger partial charge in [-0.2, -0.15) is 0 Å². The molecule has 1 amide bonds. The number of rotatable bonds is 6. The first kappa shape index (κ1) is 18.1. The number of nitro benzene ring substituents is 1. The molecule has 0 unspecified atom stereocenters. The Morgan fingerprint density at radius 3 is 2.31 bits per heavy atom. The Hall–Kier alpha value is -2.73. The van der Waals surface area contributed by atoms with Gasteiger partial charge >= 0.3 is 0 Å². The van der Waals surface area contributed by atoms with Crippen molar-refractivity contribution in [1.29, 1.82) is 0 Å². The number of nitrogens with zero attached hydrogens (tertiary/aromatic N) is 2. The van der Waals surface area contributed by atoms with Gasteiger partial charge in [0, 0.05) is 24.1 Å². The largest absolute Gasteiger partial charge is 0.332 e. The summed E-state index contributed by atoms with van der Waals surface area (Å²) in [5, 5.41) is 10.7. The van der Waals surface area contributed by atoms with Crippen molar-refractivity contribution in [2.75, 3.05) is 32.7 Å². The zero-order valence-electron chi connectivity index (χ0n) is 14.8. The normalized spacial score (nSPS) is 15.0. The van der Waals surface area contributed by atoms with Crippen molar-refractivity contribution in [1.82, 2.24) is 4.90 Å². The maximum atomic E-state index is 12.5. The number of hydrogen-bond donors (Lipinski definition) is 1. The second-order valence-corrected chi connectivity index (χ2v) is 6.69. The van der Waals surface area contributed by atoms with Crippen molar-refractivity contribution in [3.63, 3.8) is 0 Å². The summed E-state index contributed by atoms with van der Waals surface area (Å²) in [4.78, 5) is 26.2. The van der Waals surface area contributed by atoms with Crippen LogP contribution in [0.2, 0.25) is 0 Å². The van der Waals surface area contributed by atoms with Crippen molar-refractivity contribution in [2.45, 2.75) is 12.8 Å². The fourth-order valence-electron chi connectivity index (χ4n) is 3.37. The molecule has 0 bridgehead atoms. The van der Waals surface area contributed by atoms with Gasteiger partial charge in [-0.25, -0.2) is 0 Å². The molecule has 1 saturated heterocycles. The van der Waals surface area contributed by atoms with E-state index in [9.17, 15) is 14.9 Å². The monoisotopic (exact) mass is 354 g/mol. The average molecular weight is 354 g/mol. The molecular formula is C20H24N3O3+.